The van der Waals surface area contributed by atoms with Gasteiger partial charge in [0.2, 0.25) is 15.8 Å². The first-order valence-electron chi connectivity index (χ1n) is 15.7. The molecule has 5 aromatic rings. The number of ketones is 1. The van der Waals surface area contributed by atoms with E-state index in [0.717, 1.165) is 40.9 Å². The van der Waals surface area contributed by atoms with E-state index < -0.39 is 15.8 Å². The SMILES string of the molecule is Cc1cc(-n2ncc(C(=O)c3cc4cc(N5CCOCC5)c(N5CCN(S(C)(=O)=O)CC5)cc4[nH]3)c2N)ccc1Oc1ccccc1F. The molecule has 2 aliphatic heterocycles. The van der Waals surface area contributed by atoms with E-state index in [0.29, 0.717) is 56.5 Å². The third kappa shape index (κ3) is 6.09. The van der Waals surface area contributed by atoms with Gasteiger partial charge in [-0.1, -0.05) is 12.1 Å². The maximum atomic E-state index is 14.1. The number of rotatable bonds is 8. The Bertz CT molecular complexity index is 2120. The number of aromatic nitrogens is 3. The van der Waals surface area contributed by atoms with Crippen molar-refractivity contribution < 1.29 is 27.1 Å². The van der Waals surface area contributed by atoms with Gasteiger partial charge >= 0.3 is 0 Å². The highest BCUT2D eigenvalue weighted by molar-refractivity contribution is 7.88. The summed E-state index contributed by atoms with van der Waals surface area (Å²) in [5, 5.41) is 5.28. The fourth-order valence-corrected chi connectivity index (χ4v) is 7.09. The number of piperazine rings is 1. The summed E-state index contributed by atoms with van der Waals surface area (Å²) in [6, 6.07) is 17.4. The molecule has 2 aliphatic rings. The molecule has 0 saturated carbocycles. The minimum Gasteiger partial charge on any atom is -0.454 e. The molecule has 2 saturated heterocycles. The average molecular weight is 674 g/mol. The van der Waals surface area contributed by atoms with Gasteiger partial charge in [0.25, 0.3) is 0 Å². The number of nitrogens with zero attached hydrogens (tertiary/aromatic N) is 5. The highest BCUT2D eigenvalue weighted by Crippen LogP contribution is 2.36. The number of anilines is 3. The zero-order valence-electron chi connectivity index (χ0n) is 26.6. The van der Waals surface area contributed by atoms with Crippen LogP contribution in [-0.2, 0) is 14.8 Å². The molecule has 3 aromatic carbocycles. The highest BCUT2D eigenvalue weighted by atomic mass is 32.2. The first-order valence-corrected chi connectivity index (χ1v) is 17.5. The molecular formula is C34H36FN7O5S. The van der Waals surface area contributed by atoms with Crippen LogP contribution in [0.15, 0.2) is 66.9 Å². The molecule has 48 heavy (non-hydrogen) atoms. The van der Waals surface area contributed by atoms with Crippen molar-refractivity contribution in [1.82, 2.24) is 19.1 Å². The number of morpholine rings is 1. The van der Waals surface area contributed by atoms with E-state index in [-0.39, 0.29) is 22.9 Å². The van der Waals surface area contributed by atoms with Crippen LogP contribution in [0.5, 0.6) is 11.5 Å². The van der Waals surface area contributed by atoms with Crippen molar-refractivity contribution in [2.24, 2.45) is 0 Å². The van der Waals surface area contributed by atoms with Crippen molar-refractivity contribution >= 4 is 43.9 Å². The minimum absolute atomic E-state index is 0.122. The van der Waals surface area contributed by atoms with Crippen molar-refractivity contribution in [3.8, 4) is 17.2 Å². The molecule has 4 heterocycles. The van der Waals surface area contributed by atoms with Gasteiger partial charge in [-0.25, -0.2) is 17.5 Å². The van der Waals surface area contributed by atoms with E-state index in [1.165, 1.54) is 27.5 Å². The maximum Gasteiger partial charge on any atom is 0.214 e. The molecule has 2 fully saturated rings. The Morgan fingerprint density at radius 2 is 1.65 bits per heavy atom. The zero-order chi connectivity index (χ0) is 33.6. The van der Waals surface area contributed by atoms with Crippen LogP contribution in [0.3, 0.4) is 0 Å². The number of fused-ring (bicyclic) bond motifs is 1. The fraction of sp³-hybridized carbons (Fsp3) is 0.294. The molecule has 3 N–H and O–H groups in total. The van der Waals surface area contributed by atoms with Gasteiger partial charge in [0, 0.05) is 50.2 Å². The Balaban J connectivity index is 1.17. The molecule has 0 amide bonds. The number of nitrogens with one attached hydrogen (secondary N) is 1. The Hall–Kier alpha value is -4.92. The van der Waals surface area contributed by atoms with Crippen LogP contribution < -0.4 is 20.3 Å². The second kappa shape index (κ2) is 12.6. The number of carbonyl (C=O) groups excluding carboxylic acids is 1. The second-order valence-electron chi connectivity index (χ2n) is 12.0. The number of para-hydroxylation sites is 1. The van der Waals surface area contributed by atoms with Crippen LogP contribution >= 0.6 is 0 Å². The fourth-order valence-electron chi connectivity index (χ4n) is 6.26. The molecule has 0 radical (unpaired) electrons. The Morgan fingerprint density at radius 1 is 0.938 bits per heavy atom. The summed E-state index contributed by atoms with van der Waals surface area (Å²) in [7, 11) is -3.27. The van der Waals surface area contributed by atoms with Crippen molar-refractivity contribution in [1.29, 1.82) is 0 Å². The van der Waals surface area contributed by atoms with E-state index in [1.54, 1.807) is 36.4 Å². The van der Waals surface area contributed by atoms with Crippen LogP contribution in [0, 0.1) is 12.7 Å². The molecular weight excluding hydrogens is 637 g/mol. The number of hydrogen-bond acceptors (Lipinski definition) is 9. The summed E-state index contributed by atoms with van der Waals surface area (Å²) in [5.41, 5.74) is 11.2. The number of sulfonamides is 1. The summed E-state index contributed by atoms with van der Waals surface area (Å²) < 4.78 is 52.7. The minimum atomic E-state index is -3.27. The predicted octanol–water partition coefficient (Wildman–Crippen LogP) is 4.32. The number of hydrogen-bond donors (Lipinski definition) is 2. The van der Waals surface area contributed by atoms with E-state index >= 15 is 0 Å². The van der Waals surface area contributed by atoms with Crippen LogP contribution in [-0.4, -0.2) is 92.0 Å². The number of ether oxygens (including phenoxy) is 2. The summed E-state index contributed by atoms with van der Waals surface area (Å²) in [4.78, 5) is 21.6. The number of carbonyl (C=O) groups is 1. The van der Waals surface area contributed by atoms with Gasteiger partial charge in [0.05, 0.1) is 54.0 Å². The van der Waals surface area contributed by atoms with Crippen LogP contribution in [0.25, 0.3) is 16.6 Å². The summed E-state index contributed by atoms with van der Waals surface area (Å²) in [5.74, 6) is 0.0222. The predicted molar refractivity (Wildman–Crippen MR) is 183 cm³/mol. The zero-order valence-corrected chi connectivity index (χ0v) is 27.5. The lowest BCUT2D eigenvalue weighted by Crippen LogP contribution is -2.49. The molecule has 2 aromatic heterocycles. The van der Waals surface area contributed by atoms with Crippen molar-refractivity contribution in [3.05, 3.63) is 89.5 Å². The van der Waals surface area contributed by atoms with E-state index in [1.807, 2.05) is 19.1 Å². The van der Waals surface area contributed by atoms with Crippen LogP contribution in [0.1, 0.15) is 21.6 Å². The van der Waals surface area contributed by atoms with Crippen LogP contribution in [0.2, 0.25) is 0 Å². The van der Waals surface area contributed by atoms with Crippen molar-refractivity contribution in [2.45, 2.75) is 6.92 Å². The van der Waals surface area contributed by atoms with E-state index in [2.05, 4.69) is 25.9 Å². The molecule has 0 aliphatic carbocycles. The standard InChI is InChI=1S/C34H36FN7O5S/c1-22-17-24(7-8-31(22)47-32-6-4-3-5-26(32)35)42-34(36)25(21-37-42)33(43)28-18-23-19-29(40-13-15-46-16-14-40)30(20-27(23)38-28)39-9-11-41(12-10-39)48(2,44)45/h3-8,17-21,38H,9-16,36H2,1-2H3. The van der Waals surface area contributed by atoms with Gasteiger partial charge in [-0.05, 0) is 61.0 Å². The van der Waals surface area contributed by atoms with Gasteiger partial charge < -0.3 is 30.0 Å². The smallest absolute Gasteiger partial charge is 0.214 e. The van der Waals surface area contributed by atoms with Crippen LogP contribution in [0.4, 0.5) is 21.6 Å². The first-order chi connectivity index (χ1) is 23.1. The lowest BCUT2D eigenvalue weighted by molar-refractivity contribution is 0.103. The number of nitrogen functional groups attached to an aromatic ring is 1. The largest absolute Gasteiger partial charge is 0.454 e. The molecule has 0 atom stereocenters. The lowest BCUT2D eigenvalue weighted by Gasteiger charge is -2.38. The number of aryl methyl sites for hydroxylation is 1. The third-order valence-corrected chi connectivity index (χ3v) is 10.2. The topological polar surface area (TPSA) is 139 Å². The van der Waals surface area contributed by atoms with Gasteiger partial charge in [0.15, 0.2) is 11.6 Å². The molecule has 12 nitrogen and oxygen atoms in total. The molecule has 7 rings (SSSR count). The number of halogens is 1. The molecule has 0 unspecified atom stereocenters. The van der Waals surface area contributed by atoms with Crippen molar-refractivity contribution in [2.75, 3.05) is 74.3 Å². The number of nitrogens with two attached hydrogens (primary N) is 1. The van der Waals surface area contributed by atoms with Gasteiger partial charge in [-0.15, -0.1) is 0 Å². The monoisotopic (exact) mass is 673 g/mol. The first kappa shape index (κ1) is 31.7. The lowest BCUT2D eigenvalue weighted by atomic mass is 10.1. The normalized spacial score (nSPS) is 16.1. The average Bonchev–Trinajstić information content (AvgIpc) is 3.69. The quantitative estimate of drug-likeness (QED) is 0.231. The van der Waals surface area contributed by atoms with Gasteiger partial charge in [-0.3, -0.25) is 4.79 Å². The third-order valence-electron chi connectivity index (χ3n) is 8.87. The molecule has 250 valence electrons. The Morgan fingerprint density at radius 3 is 2.35 bits per heavy atom. The van der Waals surface area contributed by atoms with Gasteiger partial charge in [-0.2, -0.15) is 9.40 Å². The summed E-state index contributed by atoms with van der Waals surface area (Å²) >= 11 is 0. The molecule has 14 heteroatoms. The molecule has 0 spiro atoms. The van der Waals surface area contributed by atoms with Gasteiger partial charge in [0.1, 0.15) is 11.6 Å². The van der Waals surface area contributed by atoms with E-state index in [4.69, 9.17) is 15.2 Å². The summed E-state index contributed by atoms with van der Waals surface area (Å²) in [6.07, 6.45) is 2.69. The maximum absolute atomic E-state index is 14.1. The second-order valence-corrected chi connectivity index (χ2v) is 14.0. The Kier molecular flexibility index (Phi) is 8.31. The number of aromatic amines is 1. The van der Waals surface area contributed by atoms with Crippen molar-refractivity contribution in [3.63, 3.8) is 0 Å². The highest BCUT2D eigenvalue weighted by Gasteiger charge is 2.28. The molecule has 0 bridgehead atoms. The number of H-pyrrole nitrogens is 1. The summed E-state index contributed by atoms with van der Waals surface area (Å²) in [6.45, 7) is 6.41. The van der Waals surface area contributed by atoms with E-state index in [9.17, 15) is 17.6 Å². The number of benzene rings is 3. The Labute approximate surface area is 277 Å².